The average Bonchev–Trinajstić information content (AvgIpc) is 3.17. The zero-order valence-corrected chi connectivity index (χ0v) is 14.8. The highest BCUT2D eigenvalue weighted by Gasteiger charge is 2.63. The fourth-order valence-electron chi connectivity index (χ4n) is 4.78. The zero-order chi connectivity index (χ0) is 18.7. The monoisotopic (exact) mass is 358 g/mol. The second-order valence-electron chi connectivity index (χ2n) is 7.30. The lowest BCUT2D eigenvalue weighted by atomic mass is 9.83. The van der Waals surface area contributed by atoms with Gasteiger partial charge in [-0.3, -0.25) is 19.3 Å². The summed E-state index contributed by atoms with van der Waals surface area (Å²) in [5.74, 6) is -1.77. The molecule has 0 radical (unpaired) electrons. The number of benzene rings is 2. The quantitative estimate of drug-likeness (QED) is 0.611. The van der Waals surface area contributed by atoms with E-state index in [1.165, 1.54) is 11.9 Å². The minimum Gasteiger partial charge on any atom is -0.358 e. The molecule has 0 N–H and O–H groups in total. The van der Waals surface area contributed by atoms with Crippen molar-refractivity contribution in [1.29, 1.82) is 0 Å². The Morgan fingerprint density at radius 3 is 2.33 bits per heavy atom. The molecule has 134 valence electrons. The SMILES string of the molecule is CN1C(=O)C2C(C1=O)[C@H]1c3ccccc3C=CN1[C@@H]2C(=O)c1ccccc1. The van der Waals surface area contributed by atoms with Crippen LogP contribution in [0.3, 0.4) is 0 Å². The molecule has 3 heterocycles. The third-order valence-electron chi connectivity index (χ3n) is 6.01. The number of imide groups is 1. The Morgan fingerprint density at radius 2 is 1.56 bits per heavy atom. The van der Waals surface area contributed by atoms with Crippen LogP contribution in [0.25, 0.3) is 6.08 Å². The van der Waals surface area contributed by atoms with Crippen LogP contribution < -0.4 is 0 Å². The van der Waals surface area contributed by atoms with E-state index in [1.807, 2.05) is 59.6 Å². The predicted molar refractivity (Wildman–Crippen MR) is 99.4 cm³/mol. The number of hydrogen-bond donors (Lipinski definition) is 0. The summed E-state index contributed by atoms with van der Waals surface area (Å²) in [6.07, 6.45) is 3.83. The summed E-state index contributed by atoms with van der Waals surface area (Å²) < 4.78 is 0. The molecule has 0 bridgehead atoms. The van der Waals surface area contributed by atoms with Crippen LogP contribution in [0, 0.1) is 11.8 Å². The van der Waals surface area contributed by atoms with E-state index in [4.69, 9.17) is 0 Å². The molecule has 5 nitrogen and oxygen atoms in total. The van der Waals surface area contributed by atoms with E-state index < -0.39 is 17.9 Å². The number of rotatable bonds is 2. The number of amides is 2. The van der Waals surface area contributed by atoms with Gasteiger partial charge in [-0.1, -0.05) is 54.6 Å². The van der Waals surface area contributed by atoms with Gasteiger partial charge in [-0.25, -0.2) is 0 Å². The van der Waals surface area contributed by atoms with Gasteiger partial charge in [0.25, 0.3) is 0 Å². The maximum atomic E-state index is 13.4. The first-order valence-electron chi connectivity index (χ1n) is 9.05. The van der Waals surface area contributed by atoms with Crippen LogP contribution >= 0.6 is 0 Å². The fraction of sp³-hybridized carbons (Fsp3) is 0.227. The maximum absolute atomic E-state index is 13.4. The molecule has 3 aliphatic heterocycles. The minimum atomic E-state index is -0.673. The highest BCUT2D eigenvalue weighted by Crippen LogP contribution is 2.52. The van der Waals surface area contributed by atoms with Gasteiger partial charge in [0.2, 0.25) is 11.8 Å². The van der Waals surface area contributed by atoms with Gasteiger partial charge in [0.15, 0.2) is 5.78 Å². The molecule has 0 spiro atoms. The van der Waals surface area contributed by atoms with Gasteiger partial charge in [-0.15, -0.1) is 0 Å². The van der Waals surface area contributed by atoms with E-state index in [-0.39, 0.29) is 23.6 Å². The summed E-state index contributed by atoms with van der Waals surface area (Å²) in [4.78, 5) is 42.3. The Bertz CT molecular complexity index is 998. The highest BCUT2D eigenvalue weighted by atomic mass is 16.2. The third kappa shape index (κ3) is 2.08. The van der Waals surface area contributed by atoms with Gasteiger partial charge < -0.3 is 4.90 Å². The topological polar surface area (TPSA) is 57.7 Å². The van der Waals surface area contributed by atoms with Crippen molar-refractivity contribution < 1.29 is 14.4 Å². The molecule has 5 rings (SSSR count). The van der Waals surface area contributed by atoms with Crippen molar-refractivity contribution in [2.45, 2.75) is 12.1 Å². The number of carbonyl (C=O) groups excluding carboxylic acids is 3. The minimum absolute atomic E-state index is 0.117. The molecule has 0 aromatic heterocycles. The Kier molecular flexibility index (Phi) is 3.34. The normalized spacial score (nSPS) is 28.2. The number of likely N-dealkylation sites (tertiary alicyclic amines) is 1. The van der Waals surface area contributed by atoms with Crippen molar-refractivity contribution in [3.05, 3.63) is 77.5 Å². The van der Waals surface area contributed by atoms with Crippen molar-refractivity contribution in [2.75, 3.05) is 7.05 Å². The second-order valence-corrected chi connectivity index (χ2v) is 7.30. The molecule has 2 unspecified atom stereocenters. The van der Waals surface area contributed by atoms with E-state index in [9.17, 15) is 14.4 Å². The largest absolute Gasteiger partial charge is 0.358 e. The lowest BCUT2D eigenvalue weighted by Gasteiger charge is -2.35. The van der Waals surface area contributed by atoms with Gasteiger partial charge in [0.05, 0.1) is 17.9 Å². The Morgan fingerprint density at radius 1 is 0.889 bits per heavy atom. The van der Waals surface area contributed by atoms with Crippen LogP contribution in [0.5, 0.6) is 0 Å². The van der Waals surface area contributed by atoms with Crippen LogP contribution in [0.1, 0.15) is 27.5 Å². The molecule has 4 atom stereocenters. The molecule has 5 heteroatoms. The standard InChI is InChI=1S/C22H18N2O3/c1-23-21(26)16-17(22(23)27)19(20(25)14-8-3-2-4-9-14)24-12-11-13-7-5-6-10-15(13)18(16)24/h2-12,16-19H,1H3/t16?,17?,18-,19+/m1/s1. The second kappa shape index (κ2) is 5.64. The molecule has 3 aliphatic rings. The van der Waals surface area contributed by atoms with Crippen LogP contribution in [-0.2, 0) is 9.59 Å². The molecular weight excluding hydrogens is 340 g/mol. The van der Waals surface area contributed by atoms with Crippen LogP contribution in [0.2, 0.25) is 0 Å². The van der Waals surface area contributed by atoms with Crippen LogP contribution in [-0.4, -0.2) is 40.5 Å². The summed E-state index contributed by atoms with van der Waals surface area (Å²) in [6.45, 7) is 0. The molecule has 27 heavy (non-hydrogen) atoms. The Hall–Kier alpha value is -3.21. The summed E-state index contributed by atoms with van der Waals surface area (Å²) in [5.41, 5.74) is 2.58. The van der Waals surface area contributed by atoms with E-state index >= 15 is 0 Å². The van der Waals surface area contributed by atoms with E-state index in [0.29, 0.717) is 5.56 Å². The number of Topliss-reactive ketones (excluding diaryl/α,β-unsaturated/α-hetero) is 1. The molecule has 2 aromatic rings. The van der Waals surface area contributed by atoms with Crippen molar-refractivity contribution in [2.24, 2.45) is 11.8 Å². The van der Waals surface area contributed by atoms with Crippen molar-refractivity contribution in [3.8, 4) is 0 Å². The van der Waals surface area contributed by atoms with E-state index in [0.717, 1.165) is 11.1 Å². The van der Waals surface area contributed by atoms with Gasteiger partial charge >= 0.3 is 0 Å². The summed E-state index contributed by atoms with van der Waals surface area (Å²) in [7, 11) is 1.52. The van der Waals surface area contributed by atoms with E-state index in [1.54, 1.807) is 12.1 Å². The average molecular weight is 358 g/mol. The summed E-state index contributed by atoms with van der Waals surface area (Å²) >= 11 is 0. The van der Waals surface area contributed by atoms with Crippen LogP contribution in [0.4, 0.5) is 0 Å². The summed E-state index contributed by atoms with van der Waals surface area (Å²) in [5, 5.41) is 0. The molecule has 0 saturated carbocycles. The number of ketones is 1. The Labute approximate surface area is 156 Å². The van der Waals surface area contributed by atoms with E-state index in [2.05, 4.69) is 0 Å². The highest BCUT2D eigenvalue weighted by molar-refractivity contribution is 6.11. The first-order chi connectivity index (χ1) is 13.1. The predicted octanol–water partition coefficient (Wildman–Crippen LogP) is 2.51. The number of hydrogen-bond acceptors (Lipinski definition) is 4. The fourth-order valence-corrected chi connectivity index (χ4v) is 4.78. The lowest BCUT2D eigenvalue weighted by molar-refractivity contribution is -0.139. The number of fused-ring (bicyclic) bond motifs is 5. The van der Waals surface area contributed by atoms with Gasteiger partial charge in [0.1, 0.15) is 6.04 Å². The lowest BCUT2D eigenvalue weighted by Crippen LogP contribution is -2.43. The molecule has 2 amide bonds. The van der Waals surface area contributed by atoms with Crippen molar-refractivity contribution in [3.63, 3.8) is 0 Å². The van der Waals surface area contributed by atoms with Gasteiger partial charge in [0, 0.05) is 18.8 Å². The third-order valence-corrected chi connectivity index (χ3v) is 6.01. The number of carbonyl (C=O) groups is 3. The van der Waals surface area contributed by atoms with Crippen LogP contribution in [0.15, 0.2) is 60.8 Å². The molecule has 2 fully saturated rings. The van der Waals surface area contributed by atoms with Gasteiger partial charge in [-0.2, -0.15) is 0 Å². The molecule has 0 aliphatic carbocycles. The van der Waals surface area contributed by atoms with Crippen molar-refractivity contribution >= 4 is 23.7 Å². The first-order valence-corrected chi connectivity index (χ1v) is 9.05. The van der Waals surface area contributed by atoms with Gasteiger partial charge in [-0.05, 0) is 17.2 Å². The Balaban J connectivity index is 1.67. The first kappa shape index (κ1) is 16.0. The van der Waals surface area contributed by atoms with Crippen molar-refractivity contribution in [1.82, 2.24) is 9.80 Å². The smallest absolute Gasteiger partial charge is 0.235 e. The maximum Gasteiger partial charge on any atom is 0.235 e. The number of nitrogens with zero attached hydrogens (tertiary/aromatic N) is 2. The molecular formula is C22H18N2O3. The summed E-state index contributed by atoms with van der Waals surface area (Å²) in [6, 6.07) is 15.9. The molecule has 2 saturated heterocycles. The molecule has 2 aromatic carbocycles. The zero-order valence-electron chi connectivity index (χ0n) is 14.8.